The van der Waals surface area contributed by atoms with E-state index in [1.165, 1.54) is 23.3 Å². The molecule has 136 valence electrons. The van der Waals surface area contributed by atoms with Crippen molar-refractivity contribution in [1.29, 1.82) is 0 Å². The maximum Gasteiger partial charge on any atom is 0.223 e. The van der Waals surface area contributed by atoms with E-state index >= 15 is 0 Å². The predicted octanol–water partition coefficient (Wildman–Crippen LogP) is 4.09. The zero-order valence-electron chi connectivity index (χ0n) is 15.2. The van der Waals surface area contributed by atoms with Gasteiger partial charge in [-0.15, -0.1) is 11.8 Å². The summed E-state index contributed by atoms with van der Waals surface area (Å²) < 4.78 is 0. The summed E-state index contributed by atoms with van der Waals surface area (Å²) in [4.78, 5) is 16.2. The molecule has 25 heavy (non-hydrogen) atoms. The third kappa shape index (κ3) is 5.35. The number of nitrogens with zero attached hydrogens (tertiary/aromatic N) is 1. The lowest BCUT2D eigenvalue weighted by Gasteiger charge is -2.32. The van der Waals surface area contributed by atoms with Crippen LogP contribution in [0.5, 0.6) is 0 Å². The summed E-state index contributed by atoms with van der Waals surface area (Å²) in [5.41, 5.74) is 1.44. The number of carbonyl (C=O) groups excluding carboxylic acids is 1. The Labute approximate surface area is 156 Å². The Morgan fingerprint density at radius 3 is 2.72 bits per heavy atom. The molecular weight excluding hydrogens is 328 g/mol. The van der Waals surface area contributed by atoms with E-state index in [9.17, 15) is 4.79 Å². The third-order valence-corrected chi connectivity index (χ3v) is 6.34. The average molecular weight is 359 g/mol. The number of nitrogens with one attached hydrogen (secondary N) is 1. The molecule has 4 heteroatoms. The fourth-order valence-corrected chi connectivity index (χ4v) is 4.45. The topological polar surface area (TPSA) is 32.3 Å². The molecule has 1 saturated heterocycles. The van der Waals surface area contributed by atoms with Gasteiger partial charge in [-0.3, -0.25) is 9.69 Å². The second kappa shape index (κ2) is 9.44. The van der Waals surface area contributed by atoms with Crippen LogP contribution in [0, 0.1) is 11.8 Å². The molecule has 1 aromatic rings. The van der Waals surface area contributed by atoms with E-state index in [4.69, 9.17) is 0 Å². The van der Waals surface area contributed by atoms with E-state index in [2.05, 4.69) is 52.9 Å². The van der Waals surface area contributed by atoms with Crippen molar-refractivity contribution in [2.45, 2.75) is 43.5 Å². The zero-order valence-corrected chi connectivity index (χ0v) is 16.1. The number of allylic oxidation sites excluding steroid dienone is 2. The minimum absolute atomic E-state index is 0.202. The van der Waals surface area contributed by atoms with Crippen LogP contribution in [-0.2, 0) is 11.3 Å². The largest absolute Gasteiger partial charge is 0.356 e. The van der Waals surface area contributed by atoms with Crippen LogP contribution >= 0.6 is 11.8 Å². The van der Waals surface area contributed by atoms with Gasteiger partial charge in [0.1, 0.15) is 0 Å². The molecule has 1 N–H and O–H groups in total. The molecule has 0 bridgehead atoms. The van der Waals surface area contributed by atoms with E-state index in [0.717, 1.165) is 45.4 Å². The Bertz CT molecular complexity index is 593. The maximum absolute atomic E-state index is 12.3. The van der Waals surface area contributed by atoms with E-state index in [-0.39, 0.29) is 11.8 Å². The van der Waals surface area contributed by atoms with Crippen LogP contribution < -0.4 is 5.32 Å². The number of carbonyl (C=O) groups is 1. The Morgan fingerprint density at radius 1 is 1.20 bits per heavy atom. The van der Waals surface area contributed by atoms with Gasteiger partial charge in [0.15, 0.2) is 0 Å². The number of benzene rings is 1. The Kier molecular flexibility index (Phi) is 7.00. The van der Waals surface area contributed by atoms with E-state index in [1.54, 1.807) is 0 Å². The van der Waals surface area contributed by atoms with Crippen LogP contribution in [0.15, 0.2) is 41.3 Å². The molecule has 1 fully saturated rings. The number of rotatable bonds is 6. The normalized spacial score (nSPS) is 22.0. The smallest absolute Gasteiger partial charge is 0.223 e. The number of hydrogen-bond acceptors (Lipinski definition) is 3. The Hall–Kier alpha value is -1.26. The van der Waals surface area contributed by atoms with Crippen LogP contribution in [0.2, 0.25) is 0 Å². The number of thioether (sulfide) groups is 1. The van der Waals surface area contributed by atoms with E-state index in [0.29, 0.717) is 5.92 Å². The van der Waals surface area contributed by atoms with Gasteiger partial charge in [0.25, 0.3) is 0 Å². The van der Waals surface area contributed by atoms with Crippen molar-refractivity contribution in [3.63, 3.8) is 0 Å². The van der Waals surface area contributed by atoms with Gasteiger partial charge >= 0.3 is 0 Å². The number of piperidine rings is 1. The molecule has 1 aliphatic heterocycles. The minimum atomic E-state index is 0.202. The first-order valence-electron chi connectivity index (χ1n) is 9.53. The summed E-state index contributed by atoms with van der Waals surface area (Å²) in [6.07, 6.45) is 11.8. The van der Waals surface area contributed by atoms with Crippen molar-refractivity contribution in [2.24, 2.45) is 11.8 Å². The zero-order chi connectivity index (χ0) is 17.5. The third-order valence-electron chi connectivity index (χ3n) is 5.50. The first kappa shape index (κ1) is 18.5. The van der Waals surface area contributed by atoms with Crippen LogP contribution in [0.4, 0.5) is 0 Å². The SMILES string of the molecule is CSc1ccccc1CN1CCC(CNC(=O)[C@H]2CC=CCC2)CC1. The monoisotopic (exact) mass is 358 g/mol. The maximum atomic E-state index is 12.3. The summed E-state index contributed by atoms with van der Waals surface area (Å²) in [5, 5.41) is 3.21. The fourth-order valence-electron chi connectivity index (χ4n) is 3.84. The van der Waals surface area contributed by atoms with E-state index < -0.39 is 0 Å². The molecule has 1 heterocycles. The summed E-state index contributed by atoms with van der Waals surface area (Å²) in [6.45, 7) is 4.17. The standard InChI is InChI=1S/C21H30N2OS/c1-25-20-10-6-5-9-19(20)16-23-13-11-17(12-14-23)15-22-21(24)18-7-3-2-4-8-18/h2-3,5-6,9-10,17-18H,4,7-8,11-16H2,1H3,(H,22,24)/t18-/m0/s1. The summed E-state index contributed by atoms with van der Waals surface area (Å²) in [7, 11) is 0. The average Bonchev–Trinajstić information content (AvgIpc) is 2.68. The van der Waals surface area contributed by atoms with Crippen molar-refractivity contribution < 1.29 is 4.79 Å². The highest BCUT2D eigenvalue weighted by Crippen LogP contribution is 2.24. The van der Waals surface area contributed by atoms with E-state index in [1.807, 2.05) is 11.8 Å². The molecule has 0 aromatic heterocycles. The van der Waals surface area contributed by atoms with Gasteiger partial charge in [-0.2, -0.15) is 0 Å². The Balaban J connectivity index is 1.40. The second-order valence-corrected chi connectivity index (χ2v) is 8.11. The molecule has 0 saturated carbocycles. The number of hydrogen-bond donors (Lipinski definition) is 1. The summed E-state index contributed by atoms with van der Waals surface area (Å²) >= 11 is 1.83. The van der Waals surface area contributed by atoms with Crippen molar-refractivity contribution in [3.8, 4) is 0 Å². The molecule has 3 nitrogen and oxygen atoms in total. The summed E-state index contributed by atoms with van der Waals surface area (Å²) in [6, 6.07) is 8.71. The minimum Gasteiger partial charge on any atom is -0.356 e. The number of likely N-dealkylation sites (tertiary alicyclic amines) is 1. The molecule has 1 amide bonds. The summed E-state index contributed by atoms with van der Waals surface area (Å²) in [5.74, 6) is 1.10. The highest BCUT2D eigenvalue weighted by atomic mass is 32.2. The van der Waals surface area contributed by atoms with Crippen molar-refractivity contribution in [3.05, 3.63) is 42.0 Å². The van der Waals surface area contributed by atoms with Crippen LogP contribution in [0.25, 0.3) is 0 Å². The lowest BCUT2D eigenvalue weighted by molar-refractivity contribution is -0.125. The second-order valence-electron chi connectivity index (χ2n) is 7.26. The quantitative estimate of drug-likeness (QED) is 0.614. The highest BCUT2D eigenvalue weighted by molar-refractivity contribution is 7.98. The molecule has 0 spiro atoms. The van der Waals surface area contributed by atoms with Crippen molar-refractivity contribution >= 4 is 17.7 Å². The van der Waals surface area contributed by atoms with Crippen molar-refractivity contribution in [1.82, 2.24) is 10.2 Å². The van der Waals surface area contributed by atoms with Crippen LogP contribution in [0.1, 0.15) is 37.7 Å². The lowest BCUT2D eigenvalue weighted by Crippen LogP contribution is -2.40. The first-order chi connectivity index (χ1) is 12.3. The molecule has 2 aliphatic rings. The van der Waals surface area contributed by atoms with Gasteiger partial charge in [0, 0.05) is 23.9 Å². The Morgan fingerprint density at radius 2 is 2.00 bits per heavy atom. The lowest BCUT2D eigenvalue weighted by atomic mass is 9.92. The predicted molar refractivity (Wildman–Crippen MR) is 106 cm³/mol. The fraction of sp³-hybridized carbons (Fsp3) is 0.571. The molecule has 1 aliphatic carbocycles. The van der Waals surface area contributed by atoms with Gasteiger partial charge in [-0.25, -0.2) is 0 Å². The van der Waals surface area contributed by atoms with Gasteiger partial charge < -0.3 is 5.32 Å². The molecule has 1 aromatic carbocycles. The molecule has 1 atom stereocenters. The molecule has 0 unspecified atom stereocenters. The molecular formula is C21H30N2OS. The first-order valence-corrected chi connectivity index (χ1v) is 10.8. The molecule has 0 radical (unpaired) electrons. The van der Waals surface area contributed by atoms with Gasteiger partial charge in [-0.05, 0) is 69.0 Å². The molecule has 3 rings (SSSR count). The van der Waals surface area contributed by atoms with Crippen LogP contribution in [-0.4, -0.2) is 36.7 Å². The highest BCUT2D eigenvalue weighted by Gasteiger charge is 2.23. The van der Waals surface area contributed by atoms with Gasteiger partial charge in [0.2, 0.25) is 5.91 Å². The number of amides is 1. The van der Waals surface area contributed by atoms with Crippen LogP contribution in [0.3, 0.4) is 0 Å². The van der Waals surface area contributed by atoms with Crippen molar-refractivity contribution in [2.75, 3.05) is 25.9 Å². The van der Waals surface area contributed by atoms with Gasteiger partial charge in [0.05, 0.1) is 0 Å². The van der Waals surface area contributed by atoms with Gasteiger partial charge in [-0.1, -0.05) is 30.4 Å².